The molecule has 2 N–H and O–H groups in total. The van der Waals surface area contributed by atoms with Crippen LogP contribution in [-0.4, -0.2) is 81.4 Å². The third kappa shape index (κ3) is 30.3. The van der Waals surface area contributed by atoms with E-state index in [1.54, 1.807) is 21.1 Å². The van der Waals surface area contributed by atoms with Gasteiger partial charge in [0.25, 0.3) is 0 Å². The van der Waals surface area contributed by atoms with E-state index in [4.69, 9.17) is 0 Å². The molecule has 0 bridgehead atoms. The van der Waals surface area contributed by atoms with Gasteiger partial charge in [-0.15, -0.1) is 24.8 Å². The van der Waals surface area contributed by atoms with Crippen molar-refractivity contribution in [3.8, 4) is 0 Å². The van der Waals surface area contributed by atoms with E-state index in [-0.39, 0.29) is 74.6 Å². The molecule has 0 aliphatic carbocycles. The van der Waals surface area contributed by atoms with Crippen molar-refractivity contribution in [2.75, 3.05) is 27.7 Å². The molecule has 0 saturated heterocycles. The number of rotatable bonds is 2. The molecular weight excluding hydrogens is 233 g/mol. The van der Waals surface area contributed by atoms with Gasteiger partial charge in [-0.25, -0.2) is 0 Å². The summed E-state index contributed by atoms with van der Waals surface area (Å²) in [6.45, 7) is 0.0694. The number of carboxylic acid groups (broad SMARTS) is 1. The molecule has 0 aliphatic heterocycles. The number of carbonyl (C=O) groups is 1. The molecule has 0 aromatic rings. The van der Waals surface area contributed by atoms with Crippen LogP contribution in [0, 0.1) is 0 Å². The van der Waals surface area contributed by atoms with E-state index in [0.29, 0.717) is 4.48 Å². The third-order valence-electron chi connectivity index (χ3n) is 0.603. The fourth-order valence-electron chi connectivity index (χ4n) is 0.387. The molecule has 2 radical (unpaired) electrons. The van der Waals surface area contributed by atoms with Crippen LogP contribution in [0.5, 0.6) is 0 Å². The fourth-order valence-corrected chi connectivity index (χ4v) is 0.387. The van der Waals surface area contributed by atoms with Gasteiger partial charge in [0.1, 0.15) is 6.54 Å². The van der Waals surface area contributed by atoms with Gasteiger partial charge in [-0.1, -0.05) is 0 Å². The molecule has 74 valence electrons. The zero-order chi connectivity index (χ0) is 6.78. The number of aliphatic carboxylic acids is 1. The Kier molecular flexibility index (Phi) is 29.8. The first-order chi connectivity index (χ1) is 3.42. The molecule has 12 heavy (non-hydrogen) atoms. The molecule has 0 heterocycles. The molecule has 0 rings (SSSR count). The van der Waals surface area contributed by atoms with Gasteiger partial charge in [0.2, 0.25) is 0 Å². The summed E-state index contributed by atoms with van der Waals surface area (Å²) in [5, 5.41) is 9.89. The molecule has 0 aromatic heterocycles. The summed E-state index contributed by atoms with van der Waals surface area (Å²) >= 11 is 0. The van der Waals surface area contributed by atoms with E-state index < -0.39 is 5.97 Å². The van der Waals surface area contributed by atoms with Crippen LogP contribution in [0.25, 0.3) is 0 Å². The molecular formula is C5H15CaCl2NO3. The predicted molar refractivity (Wildman–Crippen MR) is 51.8 cm³/mol. The van der Waals surface area contributed by atoms with E-state index in [9.17, 15) is 9.90 Å². The van der Waals surface area contributed by atoms with Crippen LogP contribution < -0.4 is 5.11 Å². The van der Waals surface area contributed by atoms with Crippen LogP contribution in [0.4, 0.5) is 0 Å². The summed E-state index contributed by atoms with van der Waals surface area (Å²) in [6, 6.07) is 0. The predicted octanol–water partition coefficient (Wildman–Crippen LogP) is -1.92. The zero-order valence-electron chi connectivity index (χ0n) is 7.49. The van der Waals surface area contributed by atoms with Gasteiger partial charge >= 0.3 is 0 Å². The number of carboxylic acids is 1. The van der Waals surface area contributed by atoms with Gasteiger partial charge in [0.15, 0.2) is 0 Å². The summed E-state index contributed by atoms with van der Waals surface area (Å²) < 4.78 is 0.419. The first-order valence-corrected chi connectivity index (χ1v) is 2.42. The number of hydrogen-bond acceptors (Lipinski definition) is 2. The molecule has 0 fully saturated rings. The minimum Gasteiger partial charge on any atom is -0.544 e. The van der Waals surface area contributed by atoms with Crippen molar-refractivity contribution in [3.05, 3.63) is 0 Å². The number of hydrogen-bond donors (Lipinski definition) is 0. The molecule has 0 aliphatic rings. The summed E-state index contributed by atoms with van der Waals surface area (Å²) in [5.41, 5.74) is 0. The van der Waals surface area contributed by atoms with Crippen LogP contribution in [-0.2, 0) is 4.79 Å². The normalized spacial score (nSPS) is 7.58. The van der Waals surface area contributed by atoms with E-state index in [2.05, 4.69) is 0 Å². The van der Waals surface area contributed by atoms with Crippen LogP contribution in [0.1, 0.15) is 0 Å². The van der Waals surface area contributed by atoms with Gasteiger partial charge in [-0.3, -0.25) is 0 Å². The van der Waals surface area contributed by atoms with Crippen molar-refractivity contribution in [3.63, 3.8) is 0 Å². The zero-order valence-corrected chi connectivity index (χ0v) is 11.3. The third-order valence-corrected chi connectivity index (χ3v) is 0.603. The molecule has 0 aromatic carbocycles. The van der Waals surface area contributed by atoms with Crippen LogP contribution in [0.15, 0.2) is 0 Å². The van der Waals surface area contributed by atoms with Crippen molar-refractivity contribution < 1.29 is 19.9 Å². The van der Waals surface area contributed by atoms with Gasteiger partial charge in [0.05, 0.1) is 27.1 Å². The average molecular weight is 248 g/mol. The largest absolute Gasteiger partial charge is 0.544 e. The van der Waals surface area contributed by atoms with Gasteiger partial charge in [-0.2, -0.15) is 0 Å². The maximum Gasteiger partial charge on any atom is 0.118 e. The quantitative estimate of drug-likeness (QED) is 0.422. The minimum absolute atomic E-state index is 0. The van der Waals surface area contributed by atoms with Crippen LogP contribution in [0.3, 0.4) is 0 Å². The van der Waals surface area contributed by atoms with Crippen molar-refractivity contribution in [2.24, 2.45) is 0 Å². The summed E-state index contributed by atoms with van der Waals surface area (Å²) in [6.07, 6.45) is 0. The Morgan fingerprint density at radius 2 is 1.50 bits per heavy atom. The number of carbonyl (C=O) groups excluding carboxylic acids is 1. The SMILES string of the molecule is C[N+](C)(C)CC(=O)[O-].Cl.Cl.O.[Ca]. The Hall–Kier alpha value is 1.23. The molecule has 0 spiro atoms. The van der Waals surface area contributed by atoms with E-state index in [1.165, 1.54) is 0 Å². The second-order valence-corrected chi connectivity index (χ2v) is 2.82. The number of nitrogens with zero attached hydrogens (tertiary/aromatic N) is 1. The monoisotopic (exact) mass is 247 g/mol. The van der Waals surface area contributed by atoms with Crippen molar-refractivity contribution in [2.45, 2.75) is 0 Å². The second kappa shape index (κ2) is 12.2. The van der Waals surface area contributed by atoms with Gasteiger partial charge in [-0.05, 0) is 0 Å². The standard InChI is InChI=1S/C5H11NO2.Ca.2ClH.H2O/c1-6(2,3)4-5(7)8;;;;/h4H2,1-3H3;;2*1H;1H2. The Labute approximate surface area is 115 Å². The van der Waals surface area contributed by atoms with Crippen LogP contribution in [0.2, 0.25) is 0 Å². The molecule has 7 heteroatoms. The van der Waals surface area contributed by atoms with E-state index in [1.807, 2.05) is 0 Å². The first-order valence-electron chi connectivity index (χ1n) is 2.42. The molecule has 0 amide bonds. The Balaban J connectivity index is -0.0000000408. The van der Waals surface area contributed by atoms with E-state index in [0.717, 1.165) is 0 Å². The first kappa shape index (κ1) is 29.2. The summed E-state index contributed by atoms with van der Waals surface area (Å²) in [7, 11) is 5.40. The Morgan fingerprint density at radius 3 is 1.50 bits per heavy atom. The summed E-state index contributed by atoms with van der Waals surface area (Å²) in [5.74, 6) is -1.00. The van der Waals surface area contributed by atoms with Gasteiger partial charge < -0.3 is 19.9 Å². The Morgan fingerprint density at radius 1 is 1.25 bits per heavy atom. The van der Waals surface area contributed by atoms with Gasteiger partial charge in [0, 0.05) is 37.7 Å². The smallest absolute Gasteiger partial charge is 0.118 e. The Bertz CT molecular complexity index is 107. The van der Waals surface area contributed by atoms with Crippen LogP contribution >= 0.6 is 24.8 Å². The van der Waals surface area contributed by atoms with E-state index >= 15 is 0 Å². The minimum atomic E-state index is -1.00. The molecule has 0 saturated carbocycles. The van der Waals surface area contributed by atoms with Crippen molar-refractivity contribution >= 4 is 68.5 Å². The fraction of sp³-hybridized carbons (Fsp3) is 0.800. The number of quaternary nitrogens is 1. The number of halogens is 2. The molecule has 0 atom stereocenters. The molecule has 0 unspecified atom stereocenters. The molecule has 4 nitrogen and oxygen atoms in total. The second-order valence-electron chi connectivity index (χ2n) is 2.82. The maximum absolute atomic E-state index is 9.89. The van der Waals surface area contributed by atoms with Crippen molar-refractivity contribution in [1.82, 2.24) is 0 Å². The topological polar surface area (TPSA) is 71.6 Å². The summed E-state index contributed by atoms with van der Waals surface area (Å²) in [4.78, 5) is 9.89. The maximum atomic E-state index is 9.89. The average Bonchev–Trinajstić information content (AvgIpc) is 1.21. The number of likely N-dealkylation sites (N-methyl/N-ethyl adjacent to an activating group) is 1. The van der Waals surface area contributed by atoms with Crippen molar-refractivity contribution in [1.29, 1.82) is 0 Å².